The van der Waals surface area contributed by atoms with Gasteiger partial charge in [-0.3, -0.25) is 0 Å². The van der Waals surface area contributed by atoms with E-state index in [4.69, 9.17) is 26.7 Å². The number of hydrogen-bond donors (Lipinski definition) is 1. The van der Waals surface area contributed by atoms with Gasteiger partial charge in [-0.05, 0) is 75.9 Å². The molecule has 0 saturated carbocycles. The second-order valence-electron chi connectivity index (χ2n) is 12.6. The molecular weight excluding hydrogens is 579 g/mol. The standard InChI is InChI=1S/C37H47N5O2S/c1-4-44-25-24-42-33-13-9-8-12-32(33)39-36(42)38-30-16-20-40(21-17-30)22-18-37(29-10-6-5-7-11-29)19-23-41(27-37)35(45)31-26-28(2)14-15-34(31)43-3/h5-15,26,30H,4,16-25,27H2,1-3H3,(H,38,39). The van der Waals surface area contributed by atoms with Gasteiger partial charge in [0.05, 0.1) is 30.3 Å². The van der Waals surface area contributed by atoms with Crippen LogP contribution in [0.2, 0.25) is 0 Å². The van der Waals surface area contributed by atoms with E-state index in [2.05, 4.69) is 93.3 Å². The maximum absolute atomic E-state index is 6.10. The number of rotatable bonds is 12. The summed E-state index contributed by atoms with van der Waals surface area (Å²) < 4.78 is 13.7. The number of aromatic nitrogens is 2. The minimum atomic E-state index is 0.0723. The summed E-state index contributed by atoms with van der Waals surface area (Å²) in [5.41, 5.74) is 5.91. The number of anilines is 1. The highest BCUT2D eigenvalue weighted by molar-refractivity contribution is 7.80. The summed E-state index contributed by atoms with van der Waals surface area (Å²) in [4.78, 5) is 10.9. The highest BCUT2D eigenvalue weighted by Crippen LogP contribution is 2.39. The highest BCUT2D eigenvalue weighted by atomic mass is 32.1. The molecule has 3 heterocycles. The molecule has 2 saturated heterocycles. The summed E-state index contributed by atoms with van der Waals surface area (Å²) in [5.74, 6) is 1.81. The third-order valence-corrected chi connectivity index (χ3v) is 10.2. The number of imidazole rings is 1. The Morgan fingerprint density at radius 1 is 1.00 bits per heavy atom. The van der Waals surface area contributed by atoms with Crippen molar-refractivity contribution in [3.8, 4) is 5.75 Å². The SMILES string of the molecule is CCOCCn1c(NC2CCN(CCC3(c4ccccc4)CCN(C(=S)c4cc(C)ccc4OC)C3)CC2)nc2ccccc21. The third kappa shape index (κ3) is 7.03. The molecular formula is C37H47N5O2S. The van der Waals surface area contributed by atoms with Gasteiger partial charge in [-0.2, -0.15) is 0 Å². The predicted octanol–water partition coefficient (Wildman–Crippen LogP) is 6.68. The normalized spacial score (nSPS) is 19.3. The quantitative estimate of drug-likeness (QED) is 0.139. The fourth-order valence-electron chi connectivity index (χ4n) is 7.15. The zero-order chi connectivity index (χ0) is 31.2. The van der Waals surface area contributed by atoms with E-state index < -0.39 is 0 Å². The minimum absolute atomic E-state index is 0.0723. The Morgan fingerprint density at radius 3 is 2.56 bits per heavy atom. The predicted molar refractivity (Wildman–Crippen MR) is 188 cm³/mol. The van der Waals surface area contributed by atoms with Crippen LogP contribution in [-0.2, 0) is 16.7 Å². The van der Waals surface area contributed by atoms with Gasteiger partial charge >= 0.3 is 0 Å². The van der Waals surface area contributed by atoms with Crippen molar-refractivity contribution in [2.24, 2.45) is 0 Å². The molecule has 45 heavy (non-hydrogen) atoms. The number of ether oxygens (including phenoxy) is 2. The van der Waals surface area contributed by atoms with E-state index in [-0.39, 0.29) is 5.41 Å². The van der Waals surface area contributed by atoms with E-state index in [9.17, 15) is 0 Å². The summed E-state index contributed by atoms with van der Waals surface area (Å²) >= 11 is 6.10. The van der Waals surface area contributed by atoms with Crippen molar-refractivity contribution in [2.75, 3.05) is 58.4 Å². The molecule has 0 amide bonds. The third-order valence-electron chi connectivity index (χ3n) is 9.76. The first-order valence-corrected chi connectivity index (χ1v) is 16.9. The Morgan fingerprint density at radius 2 is 1.78 bits per heavy atom. The van der Waals surface area contributed by atoms with Gasteiger partial charge in [0.1, 0.15) is 10.7 Å². The molecule has 1 N–H and O–H groups in total. The number of benzene rings is 3. The molecule has 1 aromatic heterocycles. The number of nitrogens with zero attached hydrogens (tertiary/aromatic N) is 4. The number of aryl methyl sites for hydroxylation is 1. The van der Waals surface area contributed by atoms with Crippen molar-refractivity contribution < 1.29 is 9.47 Å². The molecule has 0 bridgehead atoms. The molecule has 1 atom stereocenters. The fraction of sp³-hybridized carbons (Fsp3) is 0.459. The monoisotopic (exact) mass is 625 g/mol. The zero-order valence-corrected chi connectivity index (χ0v) is 27.8. The molecule has 1 unspecified atom stereocenters. The first kappa shape index (κ1) is 31.5. The molecule has 3 aromatic carbocycles. The van der Waals surface area contributed by atoms with Gasteiger partial charge in [0.15, 0.2) is 0 Å². The molecule has 6 rings (SSSR count). The lowest BCUT2D eigenvalue weighted by molar-refractivity contribution is 0.140. The van der Waals surface area contributed by atoms with Gasteiger partial charge in [0.25, 0.3) is 0 Å². The lowest BCUT2D eigenvalue weighted by Gasteiger charge is -2.36. The van der Waals surface area contributed by atoms with Crippen LogP contribution in [0.3, 0.4) is 0 Å². The van der Waals surface area contributed by atoms with Crippen molar-refractivity contribution in [1.82, 2.24) is 19.4 Å². The first-order chi connectivity index (χ1) is 22.0. The van der Waals surface area contributed by atoms with Crippen LogP contribution in [0.4, 0.5) is 5.95 Å². The maximum Gasteiger partial charge on any atom is 0.204 e. The number of piperidine rings is 1. The summed E-state index contributed by atoms with van der Waals surface area (Å²) in [6, 6.07) is 26.2. The van der Waals surface area contributed by atoms with Crippen LogP contribution in [0.15, 0.2) is 72.8 Å². The lowest BCUT2D eigenvalue weighted by atomic mass is 9.76. The zero-order valence-electron chi connectivity index (χ0n) is 27.0. The second-order valence-corrected chi connectivity index (χ2v) is 13.0. The molecule has 4 aromatic rings. The Bertz CT molecular complexity index is 1580. The molecule has 8 heteroatoms. The van der Waals surface area contributed by atoms with Gasteiger partial charge in [-0.15, -0.1) is 0 Å². The van der Waals surface area contributed by atoms with E-state index >= 15 is 0 Å². The molecule has 0 spiro atoms. The molecule has 2 fully saturated rings. The average molecular weight is 626 g/mol. The van der Waals surface area contributed by atoms with Gasteiger partial charge in [-0.25, -0.2) is 4.98 Å². The van der Waals surface area contributed by atoms with Crippen molar-refractivity contribution >= 4 is 34.2 Å². The second kappa shape index (κ2) is 14.3. The number of para-hydroxylation sites is 2. The number of methoxy groups -OCH3 is 1. The molecule has 238 valence electrons. The van der Waals surface area contributed by atoms with Gasteiger partial charge in [0.2, 0.25) is 5.95 Å². The lowest BCUT2D eigenvalue weighted by Crippen LogP contribution is -2.42. The Kier molecular flexibility index (Phi) is 10.0. The van der Waals surface area contributed by atoms with Crippen LogP contribution in [0.5, 0.6) is 5.75 Å². The smallest absolute Gasteiger partial charge is 0.204 e. The summed E-state index contributed by atoms with van der Waals surface area (Å²) in [6.45, 7) is 11.5. The van der Waals surface area contributed by atoms with Crippen molar-refractivity contribution in [3.63, 3.8) is 0 Å². The molecule has 2 aliphatic heterocycles. The fourth-order valence-corrected chi connectivity index (χ4v) is 7.46. The topological polar surface area (TPSA) is 54.8 Å². The van der Waals surface area contributed by atoms with Crippen molar-refractivity contribution in [2.45, 2.75) is 57.5 Å². The van der Waals surface area contributed by atoms with Gasteiger partial charge in [0, 0.05) is 50.8 Å². The summed E-state index contributed by atoms with van der Waals surface area (Å²) in [7, 11) is 1.73. The van der Waals surface area contributed by atoms with Crippen molar-refractivity contribution in [1.29, 1.82) is 0 Å². The molecule has 0 aliphatic carbocycles. The Labute approximate surface area is 273 Å². The van der Waals surface area contributed by atoms with Crippen LogP contribution in [0, 0.1) is 6.92 Å². The van der Waals surface area contributed by atoms with E-state index in [1.54, 1.807) is 7.11 Å². The van der Waals surface area contributed by atoms with Crippen LogP contribution in [-0.4, -0.2) is 83.4 Å². The largest absolute Gasteiger partial charge is 0.496 e. The van der Waals surface area contributed by atoms with Crippen LogP contribution >= 0.6 is 12.2 Å². The number of hydrogen-bond acceptors (Lipinski definition) is 6. The van der Waals surface area contributed by atoms with Gasteiger partial charge in [-0.1, -0.05) is 66.3 Å². The van der Waals surface area contributed by atoms with Crippen LogP contribution in [0.1, 0.15) is 49.3 Å². The molecule has 2 aliphatic rings. The molecule has 0 radical (unpaired) electrons. The summed E-state index contributed by atoms with van der Waals surface area (Å²) in [5, 5.41) is 3.80. The number of fused-ring (bicyclic) bond motifs is 1. The van der Waals surface area contributed by atoms with E-state index in [0.29, 0.717) is 12.6 Å². The van der Waals surface area contributed by atoms with Crippen LogP contribution in [0.25, 0.3) is 11.0 Å². The Balaban J connectivity index is 1.10. The van der Waals surface area contributed by atoms with E-state index in [1.165, 1.54) is 11.1 Å². The number of nitrogens with one attached hydrogen (secondary N) is 1. The summed E-state index contributed by atoms with van der Waals surface area (Å²) in [6.07, 6.45) is 4.43. The van der Waals surface area contributed by atoms with E-state index in [1.807, 2.05) is 13.0 Å². The first-order valence-electron chi connectivity index (χ1n) is 16.5. The van der Waals surface area contributed by atoms with Gasteiger partial charge < -0.3 is 29.2 Å². The highest BCUT2D eigenvalue weighted by Gasteiger charge is 2.41. The van der Waals surface area contributed by atoms with Crippen molar-refractivity contribution in [3.05, 3.63) is 89.5 Å². The minimum Gasteiger partial charge on any atom is -0.496 e. The maximum atomic E-state index is 6.10. The van der Waals surface area contributed by atoms with E-state index in [0.717, 1.165) is 105 Å². The molecule has 7 nitrogen and oxygen atoms in total. The average Bonchev–Trinajstić information content (AvgIpc) is 3.67. The van der Waals surface area contributed by atoms with Crippen LogP contribution < -0.4 is 10.1 Å². The number of thiocarbonyl (C=S) groups is 1. The Hall–Kier alpha value is -3.46. The number of likely N-dealkylation sites (tertiary alicyclic amines) is 2.